The van der Waals surface area contributed by atoms with E-state index in [1.807, 2.05) is 0 Å². The van der Waals surface area contributed by atoms with E-state index in [9.17, 15) is 0 Å². The second-order valence-corrected chi connectivity index (χ2v) is 4.15. The van der Waals surface area contributed by atoms with Crippen LogP contribution in [0.3, 0.4) is 0 Å². The lowest BCUT2D eigenvalue weighted by atomic mass is 10.0. The van der Waals surface area contributed by atoms with E-state index in [-0.39, 0.29) is 0 Å². The lowest BCUT2D eigenvalue weighted by Crippen LogP contribution is -2.56. The van der Waals surface area contributed by atoms with Gasteiger partial charge in [-0.1, -0.05) is 20.3 Å². The number of hydrogen-bond donors (Lipinski definition) is 1. The minimum atomic E-state index is 0.810. The highest BCUT2D eigenvalue weighted by atomic mass is 15.2. The molecule has 1 N–H and O–H groups in total. The summed E-state index contributed by atoms with van der Waals surface area (Å²) >= 11 is 0. The van der Waals surface area contributed by atoms with E-state index in [1.54, 1.807) is 0 Å². The second-order valence-electron chi connectivity index (χ2n) is 4.15. The molecule has 2 heteroatoms. The van der Waals surface area contributed by atoms with Crippen molar-refractivity contribution in [3.63, 3.8) is 0 Å². The Labute approximate surface area is 76.3 Å². The van der Waals surface area contributed by atoms with E-state index in [4.69, 9.17) is 0 Å². The summed E-state index contributed by atoms with van der Waals surface area (Å²) in [6, 6.07) is 0.810. The van der Waals surface area contributed by atoms with Gasteiger partial charge in [-0.3, -0.25) is 0 Å². The highest BCUT2D eigenvalue weighted by Gasteiger charge is 2.21. The van der Waals surface area contributed by atoms with Gasteiger partial charge in [0.1, 0.15) is 0 Å². The zero-order valence-corrected chi connectivity index (χ0v) is 8.64. The molecule has 72 valence electrons. The zero-order valence-electron chi connectivity index (χ0n) is 8.64. The second kappa shape index (κ2) is 4.83. The van der Waals surface area contributed by atoms with Gasteiger partial charge in [-0.15, -0.1) is 0 Å². The Kier molecular flexibility index (Phi) is 4.02. The first-order valence-corrected chi connectivity index (χ1v) is 5.15. The van der Waals surface area contributed by atoms with Gasteiger partial charge in [0, 0.05) is 25.7 Å². The van der Waals surface area contributed by atoms with Gasteiger partial charge in [0.2, 0.25) is 0 Å². The van der Waals surface area contributed by atoms with Gasteiger partial charge in [0.25, 0.3) is 0 Å². The lowest BCUT2D eigenvalue weighted by Gasteiger charge is -2.37. The highest BCUT2D eigenvalue weighted by molar-refractivity contribution is 4.83. The van der Waals surface area contributed by atoms with Crippen molar-refractivity contribution in [1.29, 1.82) is 0 Å². The first-order valence-electron chi connectivity index (χ1n) is 5.15. The van der Waals surface area contributed by atoms with Crippen LogP contribution in [0.4, 0.5) is 0 Å². The first-order chi connectivity index (χ1) is 5.74. The monoisotopic (exact) mass is 170 g/mol. The van der Waals surface area contributed by atoms with Gasteiger partial charge in [0.15, 0.2) is 0 Å². The third kappa shape index (κ3) is 2.76. The molecule has 0 aromatic carbocycles. The molecule has 1 heterocycles. The number of nitrogens with one attached hydrogen (secondary N) is 1. The van der Waals surface area contributed by atoms with Crippen LogP contribution in [-0.4, -0.2) is 37.6 Å². The lowest BCUT2D eigenvalue weighted by molar-refractivity contribution is 0.157. The molecule has 0 radical (unpaired) electrons. The van der Waals surface area contributed by atoms with E-state index in [2.05, 4.69) is 31.1 Å². The van der Waals surface area contributed by atoms with Crippen molar-refractivity contribution in [1.82, 2.24) is 10.2 Å². The first kappa shape index (κ1) is 10.0. The van der Waals surface area contributed by atoms with Crippen molar-refractivity contribution in [3.05, 3.63) is 0 Å². The van der Waals surface area contributed by atoms with Gasteiger partial charge in [0.05, 0.1) is 0 Å². The number of nitrogens with zero attached hydrogens (tertiary/aromatic N) is 1. The van der Waals surface area contributed by atoms with E-state index in [0.29, 0.717) is 0 Å². The largest absolute Gasteiger partial charge is 0.314 e. The maximum Gasteiger partial charge on any atom is 0.0342 e. The molecule has 0 amide bonds. The van der Waals surface area contributed by atoms with Crippen LogP contribution in [0.1, 0.15) is 26.7 Å². The highest BCUT2D eigenvalue weighted by Crippen LogP contribution is 2.10. The number of likely N-dealkylation sites (N-methyl/N-ethyl adjacent to an activating group) is 1. The molecule has 1 aliphatic heterocycles. The quantitative estimate of drug-likeness (QED) is 0.669. The molecule has 0 aromatic rings. The number of rotatable bonds is 5. The Balaban J connectivity index is 2.11. The van der Waals surface area contributed by atoms with Crippen molar-refractivity contribution in [3.8, 4) is 0 Å². The molecule has 1 unspecified atom stereocenters. The fraction of sp³-hybridized carbons (Fsp3) is 1.00. The molecule has 12 heavy (non-hydrogen) atoms. The molecule has 0 saturated carbocycles. The van der Waals surface area contributed by atoms with E-state index >= 15 is 0 Å². The van der Waals surface area contributed by atoms with E-state index in [0.717, 1.165) is 12.0 Å². The summed E-state index contributed by atoms with van der Waals surface area (Å²) in [6.07, 6.45) is 2.68. The van der Waals surface area contributed by atoms with E-state index < -0.39 is 0 Å². The smallest absolute Gasteiger partial charge is 0.0342 e. The van der Waals surface area contributed by atoms with Gasteiger partial charge in [-0.25, -0.2) is 0 Å². The van der Waals surface area contributed by atoms with Gasteiger partial charge < -0.3 is 10.2 Å². The molecule has 1 rings (SSSR count). The molecule has 0 spiro atoms. The van der Waals surface area contributed by atoms with Crippen LogP contribution in [0.2, 0.25) is 0 Å². The Hall–Kier alpha value is -0.0800. The van der Waals surface area contributed by atoms with Crippen molar-refractivity contribution in [2.24, 2.45) is 5.92 Å². The average Bonchev–Trinajstić information content (AvgIpc) is 1.82. The van der Waals surface area contributed by atoms with Crippen LogP contribution in [0, 0.1) is 5.92 Å². The molecule has 1 fully saturated rings. The summed E-state index contributed by atoms with van der Waals surface area (Å²) in [4.78, 5) is 2.50. The summed E-state index contributed by atoms with van der Waals surface area (Å²) < 4.78 is 0. The van der Waals surface area contributed by atoms with E-state index in [1.165, 1.54) is 32.5 Å². The summed E-state index contributed by atoms with van der Waals surface area (Å²) in [5, 5.41) is 3.31. The summed E-state index contributed by atoms with van der Waals surface area (Å²) in [5.74, 6) is 0.862. The molecular weight excluding hydrogens is 148 g/mol. The molecule has 1 aliphatic rings. The van der Waals surface area contributed by atoms with Crippen molar-refractivity contribution < 1.29 is 0 Å². The minimum absolute atomic E-state index is 0.810. The summed E-state index contributed by atoms with van der Waals surface area (Å²) in [6.45, 7) is 8.26. The molecule has 0 bridgehead atoms. The maximum atomic E-state index is 3.31. The van der Waals surface area contributed by atoms with Crippen LogP contribution in [-0.2, 0) is 0 Å². The van der Waals surface area contributed by atoms with Crippen LogP contribution in [0.15, 0.2) is 0 Å². The van der Waals surface area contributed by atoms with Gasteiger partial charge >= 0.3 is 0 Å². The topological polar surface area (TPSA) is 15.3 Å². The fourth-order valence-corrected chi connectivity index (χ4v) is 1.81. The number of hydrogen-bond acceptors (Lipinski definition) is 2. The predicted molar refractivity (Wildman–Crippen MR) is 53.4 cm³/mol. The Morgan fingerprint density at radius 3 is 2.58 bits per heavy atom. The van der Waals surface area contributed by atoms with Crippen molar-refractivity contribution in [2.45, 2.75) is 32.7 Å². The third-order valence-corrected chi connectivity index (χ3v) is 2.76. The summed E-state index contributed by atoms with van der Waals surface area (Å²) in [7, 11) is 2.25. The Morgan fingerprint density at radius 2 is 2.17 bits per heavy atom. The SMILES string of the molecule is CCCC(C)CN(C)C1CNC1. The third-order valence-electron chi connectivity index (χ3n) is 2.76. The maximum absolute atomic E-state index is 3.31. The van der Waals surface area contributed by atoms with Crippen LogP contribution in [0.5, 0.6) is 0 Å². The molecular formula is C10H22N2. The molecule has 1 atom stereocenters. The standard InChI is InChI=1S/C10H22N2/c1-4-5-9(2)8-12(3)10-6-11-7-10/h9-11H,4-8H2,1-3H3. The van der Waals surface area contributed by atoms with Crippen molar-refractivity contribution >= 4 is 0 Å². The zero-order chi connectivity index (χ0) is 8.97. The average molecular weight is 170 g/mol. The molecule has 0 aromatic heterocycles. The fourth-order valence-electron chi connectivity index (χ4n) is 1.81. The Morgan fingerprint density at radius 1 is 1.50 bits per heavy atom. The van der Waals surface area contributed by atoms with Crippen LogP contribution < -0.4 is 5.32 Å². The normalized spacial score (nSPS) is 21.0. The van der Waals surface area contributed by atoms with Crippen molar-refractivity contribution in [2.75, 3.05) is 26.7 Å². The van der Waals surface area contributed by atoms with Gasteiger partial charge in [-0.2, -0.15) is 0 Å². The molecule has 1 saturated heterocycles. The van der Waals surface area contributed by atoms with Crippen LogP contribution >= 0.6 is 0 Å². The molecule has 0 aliphatic carbocycles. The van der Waals surface area contributed by atoms with Crippen LogP contribution in [0.25, 0.3) is 0 Å². The van der Waals surface area contributed by atoms with Gasteiger partial charge in [-0.05, 0) is 19.4 Å². The Bertz CT molecular complexity index is 121. The summed E-state index contributed by atoms with van der Waals surface area (Å²) in [5.41, 5.74) is 0. The molecule has 2 nitrogen and oxygen atoms in total. The predicted octanol–water partition coefficient (Wildman–Crippen LogP) is 1.33. The minimum Gasteiger partial charge on any atom is -0.314 e.